The summed E-state index contributed by atoms with van der Waals surface area (Å²) < 4.78 is 0. The van der Waals surface area contributed by atoms with Gasteiger partial charge in [-0.3, -0.25) is 9.89 Å². The Hall–Kier alpha value is -3.26. The van der Waals surface area contributed by atoms with Crippen LogP contribution >= 0.6 is 0 Å². The van der Waals surface area contributed by atoms with Crippen molar-refractivity contribution in [1.82, 2.24) is 30.8 Å². The fourth-order valence-corrected chi connectivity index (χ4v) is 6.55. The zero-order valence-electron chi connectivity index (χ0n) is 22.1. The highest BCUT2D eigenvalue weighted by atomic mass is 16.1. The van der Waals surface area contributed by atoms with Crippen LogP contribution in [0.2, 0.25) is 0 Å². The van der Waals surface area contributed by atoms with Gasteiger partial charge in [-0.05, 0) is 74.5 Å². The first-order chi connectivity index (χ1) is 18.7. The summed E-state index contributed by atoms with van der Waals surface area (Å²) in [5.74, 6) is 3.61. The molecule has 2 heterocycles. The van der Waals surface area contributed by atoms with Crippen LogP contribution in [0, 0.1) is 5.92 Å². The van der Waals surface area contributed by atoms with Crippen LogP contribution in [0.3, 0.4) is 0 Å². The van der Waals surface area contributed by atoms with E-state index in [4.69, 9.17) is 0 Å². The van der Waals surface area contributed by atoms with E-state index in [2.05, 4.69) is 66.4 Å². The molecule has 2 aromatic heterocycles. The summed E-state index contributed by atoms with van der Waals surface area (Å²) in [5.41, 5.74) is 4.05. The van der Waals surface area contributed by atoms with Gasteiger partial charge in [0, 0.05) is 42.4 Å². The molecule has 200 valence electrons. The van der Waals surface area contributed by atoms with E-state index in [1.807, 2.05) is 6.07 Å². The lowest BCUT2D eigenvalue weighted by molar-refractivity contribution is -0.122. The number of benzene rings is 1. The van der Waals surface area contributed by atoms with Crippen molar-refractivity contribution >= 4 is 17.5 Å². The monoisotopic (exact) mass is 513 g/mol. The van der Waals surface area contributed by atoms with Gasteiger partial charge in [-0.25, -0.2) is 9.97 Å². The number of carbonyl (C=O) groups excluding carboxylic acids is 1. The third-order valence-corrected chi connectivity index (χ3v) is 8.61. The van der Waals surface area contributed by atoms with E-state index >= 15 is 0 Å². The topological polar surface area (TPSA) is 108 Å². The molecule has 1 aromatic carbocycles. The first-order valence-electron chi connectivity index (χ1n) is 14.4. The van der Waals surface area contributed by atoms with Gasteiger partial charge in [0.05, 0.1) is 6.54 Å². The van der Waals surface area contributed by atoms with Crippen LogP contribution < -0.4 is 16.0 Å². The van der Waals surface area contributed by atoms with Crippen LogP contribution in [-0.2, 0) is 24.2 Å². The number of aromatic amines is 1. The number of H-pyrrole nitrogens is 1. The van der Waals surface area contributed by atoms with Gasteiger partial charge in [-0.2, -0.15) is 5.10 Å². The minimum Gasteiger partial charge on any atom is -0.353 e. The summed E-state index contributed by atoms with van der Waals surface area (Å²) in [6.07, 6.45) is 13.7. The summed E-state index contributed by atoms with van der Waals surface area (Å²) in [7, 11) is 0. The van der Waals surface area contributed by atoms with Crippen molar-refractivity contribution in [3.05, 3.63) is 65.2 Å². The zero-order valence-corrected chi connectivity index (χ0v) is 22.1. The normalized spacial score (nSPS) is 21.9. The summed E-state index contributed by atoms with van der Waals surface area (Å²) in [5, 5.41) is 17.9. The van der Waals surface area contributed by atoms with E-state index in [-0.39, 0.29) is 11.9 Å². The minimum absolute atomic E-state index is 0.212. The first-order valence-corrected chi connectivity index (χ1v) is 14.4. The maximum absolute atomic E-state index is 12.7. The van der Waals surface area contributed by atoms with Crippen molar-refractivity contribution in [2.24, 2.45) is 5.92 Å². The van der Waals surface area contributed by atoms with Crippen LogP contribution in [0.25, 0.3) is 0 Å². The molecule has 0 radical (unpaired) electrons. The molecular weight excluding hydrogens is 474 g/mol. The summed E-state index contributed by atoms with van der Waals surface area (Å²) in [6, 6.07) is 13.3. The fourth-order valence-electron chi connectivity index (χ4n) is 6.55. The highest BCUT2D eigenvalue weighted by Crippen LogP contribution is 2.34. The molecule has 1 amide bonds. The minimum atomic E-state index is 0.212. The molecule has 2 fully saturated rings. The molecule has 4 N–H and O–H groups in total. The number of amides is 1. The van der Waals surface area contributed by atoms with Crippen molar-refractivity contribution in [2.45, 2.75) is 95.2 Å². The molecular formula is C30H39N7O. The van der Waals surface area contributed by atoms with Crippen LogP contribution in [0.4, 0.5) is 11.6 Å². The van der Waals surface area contributed by atoms with Gasteiger partial charge in [0.15, 0.2) is 5.82 Å². The van der Waals surface area contributed by atoms with Gasteiger partial charge in [0.2, 0.25) is 5.91 Å². The SMILES string of the molecule is O=C(CC1Cc2ccccc2C1)NC1CCC(NCc2nccc(Nc3cc(C4CCCC4)[nH]n3)n2)CC1. The maximum atomic E-state index is 12.7. The average molecular weight is 514 g/mol. The van der Waals surface area contributed by atoms with Crippen molar-refractivity contribution in [3.63, 3.8) is 0 Å². The third-order valence-electron chi connectivity index (χ3n) is 8.61. The molecule has 8 heteroatoms. The van der Waals surface area contributed by atoms with Gasteiger partial charge in [-0.1, -0.05) is 37.1 Å². The lowest BCUT2D eigenvalue weighted by atomic mass is 9.90. The Balaban J connectivity index is 0.914. The summed E-state index contributed by atoms with van der Waals surface area (Å²) in [6.45, 7) is 0.632. The second kappa shape index (κ2) is 11.6. The molecule has 3 aliphatic rings. The van der Waals surface area contributed by atoms with Gasteiger partial charge in [0.1, 0.15) is 11.6 Å². The fraction of sp³-hybridized carbons (Fsp3) is 0.533. The number of hydrogen-bond acceptors (Lipinski definition) is 6. The smallest absolute Gasteiger partial charge is 0.220 e. The number of rotatable bonds is 9. The first kappa shape index (κ1) is 25.0. The second-order valence-electron chi connectivity index (χ2n) is 11.4. The Morgan fingerprint density at radius 3 is 2.42 bits per heavy atom. The van der Waals surface area contributed by atoms with Crippen LogP contribution in [0.1, 0.15) is 86.4 Å². The molecule has 3 aliphatic carbocycles. The quantitative estimate of drug-likeness (QED) is 0.323. The van der Waals surface area contributed by atoms with Gasteiger partial charge < -0.3 is 16.0 Å². The number of nitrogens with one attached hydrogen (secondary N) is 4. The molecule has 38 heavy (non-hydrogen) atoms. The van der Waals surface area contributed by atoms with Gasteiger partial charge >= 0.3 is 0 Å². The van der Waals surface area contributed by atoms with E-state index in [1.165, 1.54) is 42.5 Å². The number of carbonyl (C=O) groups is 1. The molecule has 0 spiro atoms. The molecule has 6 rings (SSSR count). The molecule has 8 nitrogen and oxygen atoms in total. The van der Waals surface area contributed by atoms with Gasteiger partial charge in [-0.15, -0.1) is 0 Å². The van der Waals surface area contributed by atoms with Gasteiger partial charge in [0.25, 0.3) is 0 Å². The van der Waals surface area contributed by atoms with Crippen LogP contribution in [0.5, 0.6) is 0 Å². The molecule has 0 atom stereocenters. The molecule has 3 aromatic rings. The molecule has 2 saturated carbocycles. The van der Waals surface area contributed by atoms with Crippen molar-refractivity contribution < 1.29 is 4.79 Å². The van der Waals surface area contributed by atoms with E-state index in [0.717, 1.165) is 56.0 Å². The Morgan fingerprint density at radius 1 is 0.921 bits per heavy atom. The van der Waals surface area contributed by atoms with Crippen molar-refractivity contribution in [2.75, 3.05) is 5.32 Å². The summed E-state index contributed by atoms with van der Waals surface area (Å²) >= 11 is 0. The number of nitrogens with zero attached hydrogens (tertiary/aromatic N) is 3. The predicted octanol–water partition coefficient (Wildman–Crippen LogP) is 4.92. The van der Waals surface area contributed by atoms with E-state index in [9.17, 15) is 4.79 Å². The number of hydrogen-bond donors (Lipinski definition) is 4. The number of fused-ring (bicyclic) bond motifs is 1. The lowest BCUT2D eigenvalue weighted by Gasteiger charge is -2.30. The maximum Gasteiger partial charge on any atom is 0.220 e. The third kappa shape index (κ3) is 6.23. The van der Waals surface area contributed by atoms with Crippen LogP contribution in [0.15, 0.2) is 42.6 Å². The van der Waals surface area contributed by atoms with E-state index < -0.39 is 0 Å². The van der Waals surface area contributed by atoms with Crippen LogP contribution in [-0.4, -0.2) is 38.2 Å². The molecule has 0 bridgehead atoms. The zero-order chi connectivity index (χ0) is 25.7. The standard InChI is InChI=1S/C30H39N7O/c38-30(17-20-15-22-7-3-4-8-23(22)16-20)33-25-11-9-24(10-12-25)32-19-29-31-14-13-27(35-29)34-28-18-26(36-37-28)21-5-1-2-6-21/h3-4,7-8,13-14,18,20-21,24-25,32H,1-2,5-6,9-12,15-17,19H2,(H,33,38)(H2,31,34,35,36,37). The molecule has 0 aliphatic heterocycles. The summed E-state index contributed by atoms with van der Waals surface area (Å²) in [4.78, 5) is 21.8. The highest BCUT2D eigenvalue weighted by molar-refractivity contribution is 5.76. The highest BCUT2D eigenvalue weighted by Gasteiger charge is 2.26. The Labute approximate surface area is 224 Å². The number of anilines is 2. The lowest BCUT2D eigenvalue weighted by Crippen LogP contribution is -2.42. The second-order valence-corrected chi connectivity index (χ2v) is 11.4. The predicted molar refractivity (Wildman–Crippen MR) is 148 cm³/mol. The van der Waals surface area contributed by atoms with Crippen molar-refractivity contribution in [3.8, 4) is 0 Å². The Kier molecular flexibility index (Phi) is 7.67. The molecule has 0 unspecified atom stereocenters. The van der Waals surface area contributed by atoms with E-state index in [1.54, 1.807) is 6.20 Å². The average Bonchev–Trinajstić information content (AvgIpc) is 3.69. The number of aromatic nitrogens is 4. The Bertz CT molecular complexity index is 1200. The van der Waals surface area contributed by atoms with E-state index in [0.29, 0.717) is 30.8 Å². The largest absolute Gasteiger partial charge is 0.353 e. The molecule has 0 saturated heterocycles. The Morgan fingerprint density at radius 2 is 1.66 bits per heavy atom. The van der Waals surface area contributed by atoms with Crippen molar-refractivity contribution in [1.29, 1.82) is 0 Å².